The fourth-order valence-corrected chi connectivity index (χ4v) is 4.41. The van der Waals surface area contributed by atoms with Crippen molar-refractivity contribution < 1.29 is 14.5 Å². The Hall–Kier alpha value is -2.88. The zero-order valence-electron chi connectivity index (χ0n) is 16.4. The zero-order chi connectivity index (χ0) is 20.9. The molecule has 0 bridgehead atoms. The smallest absolute Gasteiger partial charge is 0.269 e. The van der Waals surface area contributed by atoms with E-state index < -0.39 is 4.92 Å². The summed E-state index contributed by atoms with van der Waals surface area (Å²) < 4.78 is 6.41. The van der Waals surface area contributed by atoms with E-state index >= 15 is 0 Å². The van der Waals surface area contributed by atoms with Crippen LogP contribution in [0.3, 0.4) is 0 Å². The highest BCUT2D eigenvalue weighted by Gasteiger charge is 2.22. The molecule has 0 spiro atoms. The van der Waals surface area contributed by atoms with E-state index in [4.69, 9.17) is 4.74 Å². The number of hydrogen-bond donors (Lipinski definition) is 0. The number of para-hydroxylation sites is 1. The van der Waals surface area contributed by atoms with E-state index in [1.807, 2.05) is 24.3 Å². The molecule has 1 aromatic heterocycles. The van der Waals surface area contributed by atoms with Crippen molar-refractivity contribution in [2.45, 2.75) is 6.42 Å². The number of rotatable bonds is 7. The lowest BCUT2D eigenvalue weighted by Gasteiger charge is -2.27. The van der Waals surface area contributed by atoms with Gasteiger partial charge in [0.2, 0.25) is 0 Å². The number of benzene rings is 2. The monoisotopic (exact) mass is 426 g/mol. The molecule has 1 fully saturated rings. The summed E-state index contributed by atoms with van der Waals surface area (Å²) in [5, 5.41) is 11.6. The molecule has 2 aromatic carbocycles. The minimum atomic E-state index is -0.470. The summed E-state index contributed by atoms with van der Waals surface area (Å²) in [6.07, 6.45) is 0.800. The van der Waals surface area contributed by atoms with Gasteiger partial charge in [-0.15, -0.1) is 0 Å². The summed E-state index contributed by atoms with van der Waals surface area (Å²) in [5.74, 6) is -0.203. The Labute approximate surface area is 177 Å². The first kappa shape index (κ1) is 20.4. The molecule has 0 atom stereocenters. The number of nitro groups is 1. The SMILES string of the molecule is O=C(c1ccc([N+](=O)[O-])cc1)N(CCCN1CCOCC1)c1nc2ccccc2s1. The van der Waals surface area contributed by atoms with Gasteiger partial charge in [0.15, 0.2) is 5.13 Å². The number of fused-ring (bicyclic) bond motifs is 1. The van der Waals surface area contributed by atoms with Crippen molar-refractivity contribution in [1.82, 2.24) is 9.88 Å². The van der Waals surface area contributed by atoms with E-state index in [-0.39, 0.29) is 11.6 Å². The Kier molecular flexibility index (Phi) is 6.32. The fourth-order valence-electron chi connectivity index (χ4n) is 3.42. The van der Waals surface area contributed by atoms with Crippen molar-refractivity contribution in [3.05, 3.63) is 64.2 Å². The van der Waals surface area contributed by atoms with Crippen molar-refractivity contribution in [3.8, 4) is 0 Å². The molecule has 2 heterocycles. The summed E-state index contributed by atoms with van der Waals surface area (Å²) in [7, 11) is 0. The van der Waals surface area contributed by atoms with E-state index in [1.54, 1.807) is 4.90 Å². The van der Waals surface area contributed by atoms with Crippen LogP contribution in [0.5, 0.6) is 0 Å². The van der Waals surface area contributed by atoms with Crippen LogP contribution in [0.25, 0.3) is 10.2 Å². The number of carbonyl (C=O) groups is 1. The van der Waals surface area contributed by atoms with Gasteiger partial charge in [0, 0.05) is 43.9 Å². The number of amides is 1. The topological polar surface area (TPSA) is 88.8 Å². The molecule has 1 aliphatic rings. The second kappa shape index (κ2) is 9.29. The molecule has 0 N–H and O–H groups in total. The van der Waals surface area contributed by atoms with E-state index in [0.29, 0.717) is 17.2 Å². The standard InChI is InChI=1S/C21H22N4O4S/c26-20(16-6-8-17(9-7-16)25(27)28)24(11-3-10-23-12-14-29-15-13-23)21-22-18-4-1-2-5-19(18)30-21/h1-2,4-9H,3,10-15H2. The van der Waals surface area contributed by atoms with Gasteiger partial charge in [-0.05, 0) is 30.7 Å². The number of thiazole rings is 1. The first-order valence-corrected chi connectivity index (χ1v) is 10.7. The largest absolute Gasteiger partial charge is 0.379 e. The number of morpholine rings is 1. The molecule has 4 rings (SSSR count). The third-order valence-corrected chi connectivity index (χ3v) is 6.10. The van der Waals surface area contributed by atoms with Gasteiger partial charge < -0.3 is 4.74 Å². The molecule has 8 nitrogen and oxygen atoms in total. The van der Waals surface area contributed by atoms with E-state index in [2.05, 4.69) is 9.88 Å². The second-order valence-electron chi connectivity index (χ2n) is 7.03. The van der Waals surface area contributed by atoms with Gasteiger partial charge in [-0.2, -0.15) is 0 Å². The Morgan fingerprint density at radius 1 is 1.17 bits per heavy atom. The number of nitro benzene ring substituents is 1. The van der Waals surface area contributed by atoms with Crippen LogP contribution in [-0.2, 0) is 4.74 Å². The maximum atomic E-state index is 13.3. The maximum Gasteiger partial charge on any atom is 0.269 e. The number of aromatic nitrogens is 1. The van der Waals surface area contributed by atoms with Crippen LogP contribution < -0.4 is 4.90 Å². The van der Waals surface area contributed by atoms with Crippen LogP contribution in [0, 0.1) is 10.1 Å². The number of nitrogens with zero attached hydrogens (tertiary/aromatic N) is 4. The molecular formula is C21H22N4O4S. The normalized spacial score (nSPS) is 14.7. The number of anilines is 1. The quantitative estimate of drug-likeness (QED) is 0.424. The number of ether oxygens (including phenoxy) is 1. The predicted molar refractivity (Wildman–Crippen MR) is 116 cm³/mol. The molecule has 1 amide bonds. The number of hydrogen-bond acceptors (Lipinski definition) is 7. The summed E-state index contributed by atoms with van der Waals surface area (Å²) in [5.41, 5.74) is 1.23. The van der Waals surface area contributed by atoms with Gasteiger partial charge >= 0.3 is 0 Å². The fraction of sp³-hybridized carbons (Fsp3) is 0.333. The molecule has 0 saturated carbocycles. The van der Waals surface area contributed by atoms with Gasteiger partial charge in [-0.25, -0.2) is 4.98 Å². The van der Waals surface area contributed by atoms with Crippen molar-refractivity contribution in [2.75, 3.05) is 44.3 Å². The first-order chi connectivity index (χ1) is 14.6. The Balaban J connectivity index is 1.55. The molecular weight excluding hydrogens is 404 g/mol. The van der Waals surface area contributed by atoms with E-state index in [0.717, 1.165) is 49.5 Å². The summed E-state index contributed by atoms with van der Waals surface area (Å²) in [6, 6.07) is 13.5. The molecule has 0 unspecified atom stereocenters. The third kappa shape index (κ3) is 4.64. The van der Waals surface area contributed by atoms with Gasteiger partial charge in [0.1, 0.15) is 0 Å². The molecule has 156 valence electrons. The number of non-ortho nitro benzene ring substituents is 1. The summed E-state index contributed by atoms with van der Waals surface area (Å²) in [4.78, 5) is 32.4. The molecule has 9 heteroatoms. The van der Waals surface area contributed by atoms with Crippen molar-refractivity contribution in [3.63, 3.8) is 0 Å². The Morgan fingerprint density at radius 3 is 2.60 bits per heavy atom. The summed E-state index contributed by atoms with van der Waals surface area (Å²) >= 11 is 1.47. The lowest BCUT2D eigenvalue weighted by molar-refractivity contribution is -0.384. The van der Waals surface area contributed by atoms with Crippen molar-refractivity contribution in [2.24, 2.45) is 0 Å². The zero-order valence-corrected chi connectivity index (χ0v) is 17.2. The molecule has 1 aliphatic heterocycles. The third-order valence-electron chi connectivity index (χ3n) is 5.04. The van der Waals surface area contributed by atoms with E-state index in [1.165, 1.54) is 35.6 Å². The highest BCUT2D eigenvalue weighted by Crippen LogP contribution is 2.30. The second-order valence-corrected chi connectivity index (χ2v) is 8.04. The maximum absolute atomic E-state index is 13.3. The van der Waals surface area contributed by atoms with Crippen LogP contribution in [-0.4, -0.2) is 60.1 Å². The number of carbonyl (C=O) groups excluding carboxylic acids is 1. The Morgan fingerprint density at radius 2 is 1.90 bits per heavy atom. The average Bonchev–Trinajstić information content (AvgIpc) is 3.21. The average molecular weight is 426 g/mol. The lowest BCUT2D eigenvalue weighted by atomic mass is 10.2. The molecule has 0 aliphatic carbocycles. The first-order valence-electron chi connectivity index (χ1n) is 9.84. The molecule has 30 heavy (non-hydrogen) atoms. The van der Waals surface area contributed by atoms with Crippen molar-refractivity contribution in [1.29, 1.82) is 0 Å². The molecule has 1 saturated heterocycles. The van der Waals surface area contributed by atoms with Crippen LogP contribution >= 0.6 is 11.3 Å². The minimum Gasteiger partial charge on any atom is -0.379 e. The van der Waals surface area contributed by atoms with Gasteiger partial charge in [-0.3, -0.25) is 24.7 Å². The lowest BCUT2D eigenvalue weighted by Crippen LogP contribution is -2.39. The molecule has 3 aromatic rings. The van der Waals surface area contributed by atoms with Crippen molar-refractivity contribution >= 4 is 38.3 Å². The van der Waals surface area contributed by atoms with E-state index in [9.17, 15) is 14.9 Å². The molecule has 0 radical (unpaired) electrons. The van der Waals surface area contributed by atoms with Crippen LogP contribution in [0.15, 0.2) is 48.5 Å². The van der Waals surface area contributed by atoms with Gasteiger partial charge in [-0.1, -0.05) is 23.5 Å². The summed E-state index contributed by atoms with van der Waals surface area (Å²) in [6.45, 7) is 4.67. The predicted octanol–water partition coefficient (Wildman–Crippen LogP) is 3.57. The van der Waals surface area contributed by atoms with Gasteiger partial charge in [0.25, 0.3) is 11.6 Å². The van der Waals surface area contributed by atoms with Crippen LogP contribution in [0.1, 0.15) is 16.8 Å². The van der Waals surface area contributed by atoms with Gasteiger partial charge in [0.05, 0.1) is 28.4 Å². The highest BCUT2D eigenvalue weighted by molar-refractivity contribution is 7.22. The Bertz CT molecular complexity index is 998. The van der Waals surface area contributed by atoms with Crippen LogP contribution in [0.4, 0.5) is 10.8 Å². The minimum absolute atomic E-state index is 0.0367. The van der Waals surface area contributed by atoms with Crippen LogP contribution in [0.2, 0.25) is 0 Å². The highest BCUT2D eigenvalue weighted by atomic mass is 32.1.